The van der Waals surface area contributed by atoms with Crippen molar-refractivity contribution in [3.05, 3.63) is 48.5 Å². The van der Waals surface area contributed by atoms with E-state index in [-0.39, 0.29) is 25.8 Å². The van der Waals surface area contributed by atoms with Gasteiger partial charge in [0.2, 0.25) is 5.91 Å². The summed E-state index contributed by atoms with van der Waals surface area (Å²) in [7, 11) is 0. The number of fused-ring (bicyclic) bond motifs is 1. The fourth-order valence-electron chi connectivity index (χ4n) is 5.73. The lowest BCUT2D eigenvalue weighted by Crippen LogP contribution is -3.00. The molecule has 5 rings (SSSR count). The van der Waals surface area contributed by atoms with Crippen LogP contribution >= 0.6 is 0 Å². The molecule has 3 N–H and O–H groups in total. The van der Waals surface area contributed by atoms with Crippen LogP contribution in [0.1, 0.15) is 71.7 Å². The van der Waals surface area contributed by atoms with Gasteiger partial charge in [-0.2, -0.15) is 0 Å². The van der Waals surface area contributed by atoms with Gasteiger partial charge in [0.15, 0.2) is 0 Å². The molecular formula is C27H35ClN4O. The van der Waals surface area contributed by atoms with Gasteiger partial charge in [-0.25, -0.2) is 4.98 Å². The first-order valence-corrected chi connectivity index (χ1v) is 12.3. The molecule has 1 amide bonds. The molecule has 2 aromatic carbocycles. The van der Waals surface area contributed by atoms with E-state index >= 15 is 0 Å². The van der Waals surface area contributed by atoms with Crippen LogP contribution in [0.4, 0.5) is 5.69 Å². The highest BCUT2D eigenvalue weighted by atomic mass is 35.5. The molecule has 2 saturated carbocycles. The maximum Gasteiger partial charge on any atom is 1.00 e. The molecule has 1 aromatic heterocycles. The first kappa shape index (κ1) is 23.6. The number of nitrogens with one attached hydrogen (secondary N) is 1. The summed E-state index contributed by atoms with van der Waals surface area (Å²) in [5, 5.41) is 3.45. The molecule has 2 aliphatic carbocycles. The number of hydrogen-bond acceptors (Lipinski definition) is 3. The van der Waals surface area contributed by atoms with Crippen LogP contribution < -0.4 is 23.5 Å². The third-order valence-electron chi connectivity index (χ3n) is 7.34. The predicted octanol–water partition coefficient (Wildman–Crippen LogP) is 2.97. The maximum absolute atomic E-state index is 13.9. The average Bonchev–Trinajstić information content (AvgIpc) is 3.20. The standard InChI is InChI=1S/C27H34N4O.ClH/c28-21-13-9-12-20(18-21)26-30-23-16-7-8-17-24(23)31(26)25(19-10-3-1-4-11-19)27(32)29-22-14-5-2-6-15-22;/h7-9,12-13,16-19,22,25H,1-6,10-11,14-15,28H2,(H,29,32);1H. The molecule has 176 valence electrons. The highest BCUT2D eigenvalue weighted by Gasteiger charge is 2.35. The van der Waals surface area contributed by atoms with Gasteiger partial charge < -0.3 is 28.0 Å². The number of benzene rings is 2. The summed E-state index contributed by atoms with van der Waals surface area (Å²) in [6.45, 7) is 0. The minimum atomic E-state index is -0.249. The summed E-state index contributed by atoms with van der Waals surface area (Å²) in [6, 6.07) is 16.1. The molecule has 3 aromatic rings. The molecule has 1 unspecified atom stereocenters. The molecule has 5 nitrogen and oxygen atoms in total. The molecule has 1 atom stereocenters. The Hall–Kier alpha value is -2.53. The Kier molecular flexibility index (Phi) is 7.59. The summed E-state index contributed by atoms with van der Waals surface area (Å²) in [6.07, 6.45) is 11.7. The van der Waals surface area contributed by atoms with E-state index < -0.39 is 0 Å². The number of anilines is 1. The zero-order chi connectivity index (χ0) is 21.9. The zero-order valence-electron chi connectivity index (χ0n) is 20.2. The van der Waals surface area contributed by atoms with Crippen molar-refractivity contribution in [2.24, 2.45) is 5.92 Å². The zero-order valence-corrected chi connectivity index (χ0v) is 19.9. The normalized spacial score (nSPS) is 18.5. The molecule has 0 spiro atoms. The number of nitrogens with zero attached hydrogens (tertiary/aromatic N) is 2. The van der Waals surface area contributed by atoms with Crippen LogP contribution in [0.3, 0.4) is 0 Å². The van der Waals surface area contributed by atoms with Crippen molar-refractivity contribution in [1.29, 1.82) is 0 Å². The number of imidazole rings is 1. The van der Waals surface area contributed by atoms with Crippen LogP contribution in [0.2, 0.25) is 0 Å². The van der Waals surface area contributed by atoms with Crippen LogP contribution in [0.5, 0.6) is 0 Å². The van der Waals surface area contributed by atoms with Gasteiger partial charge in [-0.05, 0) is 55.9 Å². The molecule has 2 aliphatic rings. The number of hydrogen-bond donors (Lipinski definition) is 2. The van der Waals surface area contributed by atoms with Gasteiger partial charge in [-0.1, -0.05) is 62.8 Å². The molecule has 1 heterocycles. The Morgan fingerprint density at radius 3 is 2.39 bits per heavy atom. The minimum absolute atomic E-state index is 0. The molecule has 33 heavy (non-hydrogen) atoms. The fraction of sp³-hybridized carbons (Fsp3) is 0.481. The topological polar surface area (TPSA) is 72.9 Å². The smallest absolute Gasteiger partial charge is 1.00 e. The number of rotatable bonds is 5. The van der Waals surface area contributed by atoms with Crippen LogP contribution in [0, 0.1) is 5.92 Å². The van der Waals surface area contributed by atoms with Gasteiger partial charge in [0.25, 0.3) is 0 Å². The SMILES string of the molecule is Nc1cccc(-c2nc3ccccc3n2C(C(=O)NC2CCCCC2)C2CCCCC2)c1.[Cl-].[H+]. The lowest BCUT2D eigenvalue weighted by atomic mass is 9.82. The van der Waals surface area contributed by atoms with E-state index in [1.807, 2.05) is 42.5 Å². The lowest BCUT2D eigenvalue weighted by Gasteiger charge is -2.33. The maximum atomic E-state index is 13.9. The highest BCUT2D eigenvalue weighted by Crippen LogP contribution is 2.38. The number of nitrogen functional groups attached to an aromatic ring is 1. The number of para-hydroxylation sites is 2. The Morgan fingerprint density at radius 1 is 0.970 bits per heavy atom. The third-order valence-corrected chi connectivity index (χ3v) is 7.34. The summed E-state index contributed by atoms with van der Waals surface area (Å²) >= 11 is 0. The second-order valence-corrected chi connectivity index (χ2v) is 9.61. The summed E-state index contributed by atoms with van der Waals surface area (Å²) in [5.41, 5.74) is 9.76. The summed E-state index contributed by atoms with van der Waals surface area (Å²) in [5.74, 6) is 1.33. The summed E-state index contributed by atoms with van der Waals surface area (Å²) < 4.78 is 2.22. The molecule has 0 radical (unpaired) electrons. The largest absolute Gasteiger partial charge is 1.00 e. The number of halogens is 1. The summed E-state index contributed by atoms with van der Waals surface area (Å²) in [4.78, 5) is 18.9. The van der Waals surface area contributed by atoms with E-state index in [1.54, 1.807) is 0 Å². The minimum Gasteiger partial charge on any atom is -1.00 e. The monoisotopic (exact) mass is 466 g/mol. The van der Waals surface area contributed by atoms with E-state index in [0.717, 1.165) is 48.1 Å². The Bertz CT molecular complexity index is 1090. The molecule has 2 fully saturated rings. The number of amides is 1. The van der Waals surface area contributed by atoms with Crippen molar-refractivity contribution in [3.63, 3.8) is 0 Å². The second kappa shape index (κ2) is 10.6. The number of aromatic nitrogens is 2. The van der Waals surface area contributed by atoms with Crippen molar-refractivity contribution in [2.75, 3.05) is 5.73 Å². The van der Waals surface area contributed by atoms with Crippen molar-refractivity contribution in [3.8, 4) is 11.4 Å². The Balaban J connectivity index is 0.00000162. The van der Waals surface area contributed by atoms with Gasteiger partial charge in [0.05, 0.1) is 11.0 Å². The fourth-order valence-corrected chi connectivity index (χ4v) is 5.73. The van der Waals surface area contributed by atoms with E-state index in [9.17, 15) is 4.79 Å². The van der Waals surface area contributed by atoms with E-state index in [4.69, 9.17) is 10.7 Å². The van der Waals surface area contributed by atoms with Crippen molar-refractivity contribution >= 4 is 22.6 Å². The molecule has 0 saturated heterocycles. The van der Waals surface area contributed by atoms with Crippen molar-refractivity contribution in [1.82, 2.24) is 14.9 Å². The van der Waals surface area contributed by atoms with Crippen LogP contribution in [0.15, 0.2) is 48.5 Å². The Morgan fingerprint density at radius 2 is 1.67 bits per heavy atom. The molecule has 0 aliphatic heterocycles. The van der Waals surface area contributed by atoms with E-state index in [2.05, 4.69) is 16.0 Å². The first-order valence-electron chi connectivity index (χ1n) is 12.3. The Labute approximate surface area is 204 Å². The van der Waals surface area contributed by atoms with Crippen molar-refractivity contribution < 1.29 is 18.6 Å². The number of carbonyl (C=O) groups excluding carboxylic acids is 1. The molecule has 6 heteroatoms. The van der Waals surface area contributed by atoms with Crippen molar-refractivity contribution in [2.45, 2.75) is 76.3 Å². The van der Waals surface area contributed by atoms with Gasteiger partial charge in [-0.3, -0.25) is 4.79 Å². The van der Waals surface area contributed by atoms with Gasteiger partial charge >= 0.3 is 1.43 Å². The quantitative estimate of drug-likeness (QED) is 0.568. The first-order chi connectivity index (χ1) is 15.7. The lowest BCUT2D eigenvalue weighted by molar-refractivity contribution is -0.127. The van der Waals surface area contributed by atoms with Crippen LogP contribution in [0.25, 0.3) is 22.4 Å². The second-order valence-electron chi connectivity index (χ2n) is 9.61. The third kappa shape index (κ3) is 5.03. The molecular weight excluding hydrogens is 432 g/mol. The van der Waals surface area contributed by atoms with E-state index in [0.29, 0.717) is 17.6 Å². The number of nitrogens with two attached hydrogens (primary N) is 1. The van der Waals surface area contributed by atoms with Gasteiger partial charge in [0.1, 0.15) is 11.9 Å². The van der Waals surface area contributed by atoms with Gasteiger partial charge in [-0.15, -0.1) is 0 Å². The molecule has 0 bridgehead atoms. The van der Waals surface area contributed by atoms with Crippen LogP contribution in [-0.2, 0) is 4.79 Å². The van der Waals surface area contributed by atoms with E-state index in [1.165, 1.54) is 38.5 Å². The average molecular weight is 467 g/mol. The van der Waals surface area contributed by atoms with Crippen LogP contribution in [-0.4, -0.2) is 21.5 Å². The highest BCUT2D eigenvalue weighted by molar-refractivity contribution is 5.87. The van der Waals surface area contributed by atoms with Gasteiger partial charge in [0, 0.05) is 17.3 Å². The predicted molar refractivity (Wildman–Crippen MR) is 131 cm³/mol. The number of carbonyl (C=O) groups is 1.